The maximum absolute atomic E-state index is 11.8. The van der Waals surface area contributed by atoms with Gasteiger partial charge in [0.05, 0.1) is 0 Å². The lowest BCUT2D eigenvalue weighted by molar-refractivity contribution is -0.121. The Kier molecular flexibility index (Phi) is 4.68. The van der Waals surface area contributed by atoms with Crippen LogP contribution in [0.3, 0.4) is 0 Å². The van der Waals surface area contributed by atoms with E-state index in [2.05, 4.69) is 0 Å². The summed E-state index contributed by atoms with van der Waals surface area (Å²) in [4.78, 5) is 10.4. The van der Waals surface area contributed by atoms with Crippen molar-refractivity contribution in [1.29, 1.82) is 0 Å². The van der Waals surface area contributed by atoms with Crippen molar-refractivity contribution in [3.63, 3.8) is 0 Å². The molecule has 0 aliphatic heterocycles. The van der Waals surface area contributed by atoms with Gasteiger partial charge < -0.3 is 0 Å². The smallest absolute Gasteiger partial charge is 0.231 e. The van der Waals surface area contributed by atoms with Crippen LogP contribution in [0.15, 0.2) is 0 Å². The number of unbranched alkanes of at least 4 members (excludes halogenated alkanes) is 1. The molecule has 0 radical (unpaired) electrons. The Morgan fingerprint density at radius 3 is 2.67 bits per heavy atom. The molecule has 0 heterocycles. The second-order valence-corrected chi connectivity index (χ2v) is 2.25. The van der Waals surface area contributed by atoms with Crippen molar-refractivity contribution in [1.82, 2.24) is 0 Å². The van der Waals surface area contributed by atoms with E-state index in [1.807, 2.05) is 6.92 Å². The summed E-state index contributed by atoms with van der Waals surface area (Å²) in [5.74, 6) is -0.501. The van der Waals surface area contributed by atoms with E-state index < -0.39 is 11.4 Å². The highest BCUT2D eigenvalue weighted by Crippen LogP contribution is 2.05. The Morgan fingerprint density at radius 2 is 2.33 bits per heavy atom. The summed E-state index contributed by atoms with van der Waals surface area (Å²) >= 11 is 4.85. The van der Waals surface area contributed by atoms with Crippen LogP contribution in [0.1, 0.15) is 26.2 Å². The number of ketones is 1. The van der Waals surface area contributed by atoms with Crippen molar-refractivity contribution < 1.29 is 9.18 Å². The van der Waals surface area contributed by atoms with Gasteiger partial charge in [0.25, 0.3) is 0 Å². The lowest BCUT2D eigenvalue weighted by Crippen LogP contribution is -2.07. The van der Waals surface area contributed by atoms with Crippen LogP contribution in [-0.2, 0) is 4.79 Å². The van der Waals surface area contributed by atoms with Gasteiger partial charge in [0.2, 0.25) is 5.63 Å². The number of halogens is 2. The van der Waals surface area contributed by atoms with Gasteiger partial charge >= 0.3 is 0 Å². The minimum atomic E-state index is -1.79. The Balaban J connectivity index is 3.28. The van der Waals surface area contributed by atoms with E-state index in [0.29, 0.717) is 0 Å². The SMILES string of the molecule is CCCCC(=O)C(F)Cl. The summed E-state index contributed by atoms with van der Waals surface area (Å²) in [5, 5.41) is 0. The summed E-state index contributed by atoms with van der Waals surface area (Å²) in [5.41, 5.74) is -1.79. The maximum atomic E-state index is 11.8. The molecular weight excluding hydrogens is 143 g/mol. The molecule has 9 heavy (non-hydrogen) atoms. The van der Waals surface area contributed by atoms with E-state index in [4.69, 9.17) is 11.6 Å². The van der Waals surface area contributed by atoms with Crippen LogP contribution in [0, 0.1) is 0 Å². The van der Waals surface area contributed by atoms with Gasteiger partial charge in [-0.3, -0.25) is 4.79 Å². The van der Waals surface area contributed by atoms with Crippen LogP contribution >= 0.6 is 11.6 Å². The summed E-state index contributed by atoms with van der Waals surface area (Å²) in [6.07, 6.45) is 1.89. The highest BCUT2D eigenvalue weighted by Gasteiger charge is 2.10. The fraction of sp³-hybridized carbons (Fsp3) is 0.833. The fourth-order valence-electron chi connectivity index (χ4n) is 0.460. The Morgan fingerprint density at radius 1 is 1.78 bits per heavy atom. The Bertz CT molecular complexity index is 93.1. The molecule has 0 saturated heterocycles. The highest BCUT2D eigenvalue weighted by atomic mass is 35.5. The topological polar surface area (TPSA) is 17.1 Å². The molecule has 1 atom stereocenters. The van der Waals surface area contributed by atoms with Gasteiger partial charge in [-0.05, 0) is 6.42 Å². The van der Waals surface area contributed by atoms with Crippen LogP contribution in [0.2, 0.25) is 0 Å². The van der Waals surface area contributed by atoms with Crippen molar-refractivity contribution in [2.75, 3.05) is 0 Å². The van der Waals surface area contributed by atoms with Crippen LogP contribution in [0.4, 0.5) is 4.39 Å². The molecule has 0 aliphatic carbocycles. The van der Waals surface area contributed by atoms with E-state index in [1.165, 1.54) is 0 Å². The van der Waals surface area contributed by atoms with E-state index in [0.717, 1.165) is 12.8 Å². The first-order valence-electron chi connectivity index (χ1n) is 2.99. The van der Waals surface area contributed by atoms with E-state index >= 15 is 0 Å². The van der Waals surface area contributed by atoms with E-state index in [1.54, 1.807) is 0 Å². The molecule has 0 aromatic rings. The van der Waals surface area contributed by atoms with Crippen molar-refractivity contribution in [2.45, 2.75) is 31.8 Å². The third-order valence-electron chi connectivity index (χ3n) is 1.02. The van der Waals surface area contributed by atoms with Gasteiger partial charge in [-0.2, -0.15) is 0 Å². The molecule has 1 nitrogen and oxygen atoms in total. The first-order chi connectivity index (χ1) is 4.18. The predicted octanol–water partition coefficient (Wildman–Crippen LogP) is 2.28. The quantitative estimate of drug-likeness (QED) is 0.565. The standard InChI is InChI=1S/C6H10ClFO/c1-2-3-4-5(9)6(7)8/h6H,2-4H2,1H3. The summed E-state index contributed by atoms with van der Waals surface area (Å²) < 4.78 is 11.8. The lowest BCUT2D eigenvalue weighted by atomic mass is 10.2. The molecule has 0 N–H and O–H groups in total. The van der Waals surface area contributed by atoms with Crippen molar-refractivity contribution in [2.24, 2.45) is 0 Å². The zero-order valence-corrected chi connectivity index (χ0v) is 6.12. The lowest BCUT2D eigenvalue weighted by Gasteiger charge is -1.95. The number of rotatable bonds is 4. The minimum absolute atomic E-state index is 0.265. The molecule has 3 heteroatoms. The normalized spacial score (nSPS) is 13.2. The summed E-state index contributed by atoms with van der Waals surface area (Å²) in [6.45, 7) is 1.94. The average Bonchev–Trinajstić information content (AvgIpc) is 1.82. The van der Waals surface area contributed by atoms with Crippen LogP contribution < -0.4 is 0 Å². The minimum Gasteiger partial charge on any atom is -0.295 e. The van der Waals surface area contributed by atoms with Crippen molar-refractivity contribution >= 4 is 17.4 Å². The second-order valence-electron chi connectivity index (χ2n) is 1.87. The number of Topliss-reactive ketones (excluding diaryl/α,β-unsaturated/α-hetero) is 1. The molecule has 0 aromatic heterocycles. The molecular formula is C6H10ClFO. The Hall–Kier alpha value is -0.110. The molecule has 0 amide bonds. The number of carbonyl (C=O) groups excluding carboxylic acids is 1. The largest absolute Gasteiger partial charge is 0.295 e. The number of hydrogen-bond donors (Lipinski definition) is 0. The molecule has 0 spiro atoms. The first kappa shape index (κ1) is 8.89. The molecule has 54 valence electrons. The van der Waals surface area contributed by atoms with Gasteiger partial charge in [0.1, 0.15) is 0 Å². The molecule has 0 fully saturated rings. The second kappa shape index (κ2) is 4.74. The van der Waals surface area contributed by atoms with Gasteiger partial charge in [-0.15, -0.1) is 0 Å². The fourth-order valence-corrected chi connectivity index (χ4v) is 0.569. The highest BCUT2D eigenvalue weighted by molar-refractivity contribution is 6.29. The third kappa shape index (κ3) is 4.40. The Labute approximate surface area is 59.2 Å². The predicted molar refractivity (Wildman–Crippen MR) is 35.3 cm³/mol. The molecule has 0 saturated carbocycles. The van der Waals surface area contributed by atoms with Crippen molar-refractivity contribution in [3.8, 4) is 0 Å². The molecule has 0 bridgehead atoms. The van der Waals surface area contributed by atoms with Gasteiger partial charge in [0, 0.05) is 6.42 Å². The van der Waals surface area contributed by atoms with Gasteiger partial charge in [0.15, 0.2) is 5.78 Å². The summed E-state index contributed by atoms with van der Waals surface area (Å²) in [6, 6.07) is 0. The average molecular weight is 153 g/mol. The third-order valence-corrected chi connectivity index (χ3v) is 1.26. The first-order valence-corrected chi connectivity index (χ1v) is 3.43. The molecule has 0 rings (SSSR count). The molecule has 0 aromatic carbocycles. The van der Waals surface area contributed by atoms with Crippen LogP contribution in [0.25, 0.3) is 0 Å². The van der Waals surface area contributed by atoms with Crippen LogP contribution in [0.5, 0.6) is 0 Å². The van der Waals surface area contributed by atoms with Gasteiger partial charge in [-0.25, -0.2) is 4.39 Å². The molecule has 1 unspecified atom stereocenters. The zero-order chi connectivity index (χ0) is 7.28. The maximum Gasteiger partial charge on any atom is 0.231 e. The zero-order valence-electron chi connectivity index (χ0n) is 5.36. The van der Waals surface area contributed by atoms with E-state index in [-0.39, 0.29) is 6.42 Å². The van der Waals surface area contributed by atoms with E-state index in [9.17, 15) is 9.18 Å². The van der Waals surface area contributed by atoms with Crippen molar-refractivity contribution in [3.05, 3.63) is 0 Å². The number of alkyl halides is 2. The monoisotopic (exact) mass is 152 g/mol. The summed E-state index contributed by atoms with van der Waals surface area (Å²) in [7, 11) is 0. The number of carbonyl (C=O) groups is 1. The van der Waals surface area contributed by atoms with Crippen LogP contribution in [-0.4, -0.2) is 11.4 Å². The molecule has 0 aliphatic rings. The van der Waals surface area contributed by atoms with Gasteiger partial charge in [-0.1, -0.05) is 24.9 Å². The number of hydrogen-bond acceptors (Lipinski definition) is 1.